The van der Waals surface area contributed by atoms with E-state index in [1.54, 1.807) is 7.05 Å². The van der Waals surface area contributed by atoms with Crippen molar-refractivity contribution in [1.82, 2.24) is 15.8 Å². The van der Waals surface area contributed by atoms with E-state index in [9.17, 15) is 0 Å². The first-order valence-corrected chi connectivity index (χ1v) is 8.72. The molecule has 1 aromatic rings. The fourth-order valence-electron chi connectivity index (χ4n) is 2.73. The predicted molar refractivity (Wildman–Crippen MR) is 93.4 cm³/mol. The zero-order valence-electron chi connectivity index (χ0n) is 15.1. The van der Waals surface area contributed by atoms with Crippen LogP contribution in [-0.2, 0) is 15.9 Å². The Hall–Kier alpha value is -1.60. The van der Waals surface area contributed by atoms with Gasteiger partial charge in [-0.2, -0.15) is 0 Å². The molecule has 136 valence electrons. The molecule has 2 rings (SSSR count). The Balaban J connectivity index is 1.52. The minimum absolute atomic E-state index is 0.580. The monoisotopic (exact) mass is 338 g/mol. The first-order chi connectivity index (χ1) is 11.7. The van der Waals surface area contributed by atoms with Gasteiger partial charge in [0.25, 0.3) is 0 Å². The average Bonchev–Trinajstić information content (AvgIpc) is 3.20. The minimum atomic E-state index is 0.580. The molecule has 0 radical (unpaired) electrons. The standard InChI is InChI=1S/C17H30N4O3/c1-13-16(14(2)24-21-13)5-8-20-17(18-3)19-7-4-9-22-11-15-6-10-23-12-15/h15H,4-12H2,1-3H3,(H2,18,19,20). The Labute approximate surface area is 144 Å². The molecule has 1 aliphatic heterocycles. The highest BCUT2D eigenvalue weighted by molar-refractivity contribution is 5.79. The molecule has 7 heteroatoms. The molecule has 7 nitrogen and oxygen atoms in total. The maximum absolute atomic E-state index is 5.69. The highest BCUT2D eigenvalue weighted by atomic mass is 16.5. The summed E-state index contributed by atoms with van der Waals surface area (Å²) in [6.45, 7) is 8.85. The van der Waals surface area contributed by atoms with E-state index in [0.717, 1.165) is 76.2 Å². The Bertz CT molecular complexity index is 490. The molecule has 0 spiro atoms. The number of hydrogen-bond donors (Lipinski definition) is 2. The lowest BCUT2D eigenvalue weighted by atomic mass is 10.1. The summed E-state index contributed by atoms with van der Waals surface area (Å²) < 4.78 is 16.2. The van der Waals surface area contributed by atoms with Crippen molar-refractivity contribution in [2.24, 2.45) is 10.9 Å². The van der Waals surface area contributed by atoms with Gasteiger partial charge in [-0.25, -0.2) is 0 Å². The third-order valence-electron chi connectivity index (χ3n) is 4.21. The number of aliphatic imine (C=N–C) groups is 1. The molecule has 1 unspecified atom stereocenters. The van der Waals surface area contributed by atoms with E-state index < -0.39 is 0 Å². The number of aryl methyl sites for hydroxylation is 2. The van der Waals surface area contributed by atoms with Crippen LogP contribution in [0.3, 0.4) is 0 Å². The molecular weight excluding hydrogens is 308 g/mol. The van der Waals surface area contributed by atoms with Crippen LogP contribution in [0.2, 0.25) is 0 Å². The van der Waals surface area contributed by atoms with Crippen LogP contribution >= 0.6 is 0 Å². The van der Waals surface area contributed by atoms with Crippen LogP contribution in [0.25, 0.3) is 0 Å². The summed E-state index contributed by atoms with van der Waals surface area (Å²) in [7, 11) is 1.78. The van der Waals surface area contributed by atoms with E-state index in [1.165, 1.54) is 5.56 Å². The lowest BCUT2D eigenvalue weighted by Gasteiger charge is -2.12. The van der Waals surface area contributed by atoms with E-state index >= 15 is 0 Å². The minimum Gasteiger partial charge on any atom is -0.381 e. The van der Waals surface area contributed by atoms with Crippen LogP contribution in [0.5, 0.6) is 0 Å². The molecule has 0 amide bonds. The molecule has 0 saturated carbocycles. The van der Waals surface area contributed by atoms with Crippen molar-refractivity contribution in [2.45, 2.75) is 33.1 Å². The lowest BCUT2D eigenvalue weighted by molar-refractivity contribution is 0.0888. The summed E-state index contributed by atoms with van der Waals surface area (Å²) in [6, 6.07) is 0. The molecule has 1 aromatic heterocycles. The third kappa shape index (κ3) is 6.13. The number of nitrogens with one attached hydrogen (secondary N) is 2. The molecule has 24 heavy (non-hydrogen) atoms. The Morgan fingerprint density at radius 2 is 2.17 bits per heavy atom. The second kappa shape index (κ2) is 10.3. The molecule has 1 fully saturated rings. The molecule has 0 aliphatic carbocycles. The quantitative estimate of drug-likeness (QED) is 0.403. The molecule has 0 bridgehead atoms. The van der Waals surface area contributed by atoms with Gasteiger partial charge in [0.15, 0.2) is 5.96 Å². The van der Waals surface area contributed by atoms with Gasteiger partial charge in [-0.1, -0.05) is 5.16 Å². The van der Waals surface area contributed by atoms with Crippen molar-refractivity contribution in [2.75, 3.05) is 46.6 Å². The van der Waals surface area contributed by atoms with Gasteiger partial charge in [-0.3, -0.25) is 4.99 Å². The first-order valence-electron chi connectivity index (χ1n) is 8.72. The first kappa shape index (κ1) is 18.7. The molecule has 1 saturated heterocycles. The third-order valence-corrected chi connectivity index (χ3v) is 4.21. The number of ether oxygens (including phenoxy) is 2. The summed E-state index contributed by atoms with van der Waals surface area (Å²) in [5.41, 5.74) is 2.13. The SMILES string of the molecule is CN=C(NCCCOCC1CCOC1)NCCc1c(C)noc1C. The van der Waals surface area contributed by atoms with Gasteiger partial charge in [0.05, 0.1) is 18.9 Å². The summed E-state index contributed by atoms with van der Waals surface area (Å²) in [6.07, 6.45) is 2.95. The van der Waals surface area contributed by atoms with E-state index in [1.807, 2.05) is 13.8 Å². The highest BCUT2D eigenvalue weighted by Crippen LogP contribution is 2.12. The van der Waals surface area contributed by atoms with Gasteiger partial charge in [0, 0.05) is 44.8 Å². The fraction of sp³-hybridized carbons (Fsp3) is 0.765. The Kier molecular flexibility index (Phi) is 8.04. The summed E-state index contributed by atoms with van der Waals surface area (Å²) in [5, 5.41) is 10.6. The van der Waals surface area contributed by atoms with Gasteiger partial charge in [0.1, 0.15) is 5.76 Å². The molecule has 2 N–H and O–H groups in total. The van der Waals surface area contributed by atoms with Crippen LogP contribution in [0, 0.1) is 19.8 Å². The second-order valence-corrected chi connectivity index (χ2v) is 6.14. The van der Waals surface area contributed by atoms with Gasteiger partial charge < -0.3 is 24.6 Å². The number of hydrogen-bond acceptors (Lipinski definition) is 5. The van der Waals surface area contributed by atoms with Crippen LogP contribution < -0.4 is 10.6 Å². The Morgan fingerprint density at radius 3 is 2.83 bits per heavy atom. The van der Waals surface area contributed by atoms with Crippen molar-refractivity contribution >= 4 is 5.96 Å². The number of nitrogens with zero attached hydrogens (tertiary/aromatic N) is 2. The van der Waals surface area contributed by atoms with Crippen molar-refractivity contribution in [3.8, 4) is 0 Å². The predicted octanol–water partition coefficient (Wildman–Crippen LogP) is 1.44. The van der Waals surface area contributed by atoms with Crippen LogP contribution in [0.15, 0.2) is 9.52 Å². The van der Waals surface area contributed by atoms with Crippen molar-refractivity contribution in [3.63, 3.8) is 0 Å². The fourth-order valence-corrected chi connectivity index (χ4v) is 2.73. The van der Waals surface area contributed by atoms with Gasteiger partial charge >= 0.3 is 0 Å². The van der Waals surface area contributed by atoms with E-state index in [0.29, 0.717) is 5.92 Å². The topological polar surface area (TPSA) is 80.9 Å². The largest absolute Gasteiger partial charge is 0.381 e. The van der Waals surface area contributed by atoms with Crippen LogP contribution in [0.4, 0.5) is 0 Å². The van der Waals surface area contributed by atoms with Gasteiger partial charge in [-0.05, 0) is 33.1 Å². The zero-order valence-corrected chi connectivity index (χ0v) is 15.1. The molecular formula is C17H30N4O3. The normalized spacial score (nSPS) is 18.1. The van der Waals surface area contributed by atoms with E-state index in [4.69, 9.17) is 14.0 Å². The molecule has 1 aliphatic rings. The van der Waals surface area contributed by atoms with Crippen molar-refractivity contribution in [1.29, 1.82) is 0 Å². The van der Waals surface area contributed by atoms with E-state index in [2.05, 4.69) is 20.8 Å². The highest BCUT2D eigenvalue weighted by Gasteiger charge is 2.15. The van der Waals surface area contributed by atoms with Gasteiger partial charge in [0.2, 0.25) is 0 Å². The Morgan fingerprint density at radius 1 is 1.33 bits per heavy atom. The second-order valence-electron chi connectivity index (χ2n) is 6.14. The summed E-state index contributed by atoms with van der Waals surface area (Å²) in [4.78, 5) is 4.23. The molecule has 0 aromatic carbocycles. The lowest BCUT2D eigenvalue weighted by Crippen LogP contribution is -2.39. The number of guanidine groups is 1. The summed E-state index contributed by atoms with van der Waals surface area (Å²) in [5.74, 6) is 2.28. The van der Waals surface area contributed by atoms with Crippen LogP contribution in [0.1, 0.15) is 29.9 Å². The summed E-state index contributed by atoms with van der Waals surface area (Å²) >= 11 is 0. The average molecular weight is 338 g/mol. The van der Waals surface area contributed by atoms with Crippen molar-refractivity contribution < 1.29 is 14.0 Å². The smallest absolute Gasteiger partial charge is 0.190 e. The molecule has 1 atom stereocenters. The zero-order chi connectivity index (χ0) is 17.2. The van der Waals surface area contributed by atoms with Crippen LogP contribution in [-0.4, -0.2) is 57.7 Å². The maximum atomic E-state index is 5.69. The van der Waals surface area contributed by atoms with Crippen molar-refractivity contribution in [3.05, 3.63) is 17.0 Å². The number of aromatic nitrogens is 1. The molecule has 2 heterocycles. The van der Waals surface area contributed by atoms with E-state index in [-0.39, 0.29) is 0 Å². The maximum Gasteiger partial charge on any atom is 0.190 e. The number of rotatable bonds is 9. The van der Waals surface area contributed by atoms with Gasteiger partial charge in [-0.15, -0.1) is 0 Å².